The molecule has 2 aromatic rings. The number of hydrogen-bond acceptors (Lipinski definition) is 6. The van der Waals surface area contributed by atoms with Gasteiger partial charge in [0.05, 0.1) is 31.0 Å². The molecule has 1 aromatic carbocycles. The van der Waals surface area contributed by atoms with E-state index >= 15 is 0 Å². The zero-order valence-corrected chi connectivity index (χ0v) is 16.3. The van der Waals surface area contributed by atoms with Crippen LogP contribution in [0.4, 0.5) is 5.69 Å². The summed E-state index contributed by atoms with van der Waals surface area (Å²) in [6.07, 6.45) is 1.66. The molecule has 6 nitrogen and oxygen atoms in total. The summed E-state index contributed by atoms with van der Waals surface area (Å²) in [7, 11) is 2.80. The summed E-state index contributed by atoms with van der Waals surface area (Å²) in [5, 5.41) is 3.44. The quantitative estimate of drug-likeness (QED) is 0.629. The molecule has 0 radical (unpaired) electrons. The van der Waals surface area contributed by atoms with E-state index in [4.69, 9.17) is 9.47 Å². The summed E-state index contributed by atoms with van der Waals surface area (Å²) in [4.78, 5) is 28.9. The van der Waals surface area contributed by atoms with Gasteiger partial charge in [-0.05, 0) is 30.3 Å². The fourth-order valence-corrected chi connectivity index (χ4v) is 3.14. The van der Waals surface area contributed by atoms with Gasteiger partial charge in [0, 0.05) is 10.9 Å². The number of ether oxygens (including phenoxy) is 2. The van der Waals surface area contributed by atoms with Gasteiger partial charge < -0.3 is 14.8 Å². The molecule has 0 aliphatic heterocycles. The summed E-state index contributed by atoms with van der Waals surface area (Å²) >= 11 is 1.51. The average molecular weight is 374 g/mol. The predicted molar refractivity (Wildman–Crippen MR) is 102 cm³/mol. The van der Waals surface area contributed by atoms with E-state index in [9.17, 15) is 9.59 Å². The Bertz CT molecular complexity index is 815. The maximum absolute atomic E-state index is 12.8. The number of thioether (sulfide) groups is 1. The van der Waals surface area contributed by atoms with E-state index < -0.39 is 5.97 Å². The summed E-state index contributed by atoms with van der Waals surface area (Å²) < 4.78 is 9.90. The topological polar surface area (TPSA) is 77.5 Å². The molecule has 0 fully saturated rings. The maximum atomic E-state index is 12.8. The molecule has 0 bridgehead atoms. The Morgan fingerprint density at radius 1 is 1.15 bits per heavy atom. The van der Waals surface area contributed by atoms with Crippen molar-refractivity contribution in [1.29, 1.82) is 0 Å². The number of pyridine rings is 1. The van der Waals surface area contributed by atoms with Crippen LogP contribution in [0.1, 0.15) is 41.5 Å². The van der Waals surface area contributed by atoms with Gasteiger partial charge in [0.1, 0.15) is 10.8 Å². The lowest BCUT2D eigenvalue weighted by atomic mass is 10.1. The normalized spacial score (nSPS) is 11.0. The number of aromatic nitrogens is 1. The standard InChI is InChI=1S/C19H22N2O4S/c1-19(2,3)26-17-13(7-6-10-20-17)16(22)21-14-11-12(18(23)25-5)8-9-15(14)24-4/h6-11H,1-5H3,(H,21,22). The van der Waals surface area contributed by atoms with E-state index in [1.807, 2.05) is 0 Å². The number of esters is 1. The zero-order chi connectivity index (χ0) is 19.3. The van der Waals surface area contributed by atoms with Crippen molar-refractivity contribution in [3.8, 4) is 5.75 Å². The lowest BCUT2D eigenvalue weighted by molar-refractivity contribution is 0.0600. The molecule has 0 aliphatic rings. The minimum atomic E-state index is -0.492. The van der Waals surface area contributed by atoms with Crippen LogP contribution in [0, 0.1) is 0 Å². The summed E-state index contributed by atoms with van der Waals surface area (Å²) in [6, 6.07) is 8.13. The second kappa shape index (κ2) is 8.23. The Balaban J connectivity index is 2.34. The minimum absolute atomic E-state index is 0.0914. The molecule has 0 aliphatic carbocycles. The highest BCUT2D eigenvalue weighted by atomic mass is 32.2. The molecule has 1 amide bonds. The van der Waals surface area contributed by atoms with Gasteiger partial charge in [0.15, 0.2) is 0 Å². The first kappa shape index (κ1) is 19.8. The number of benzene rings is 1. The number of methoxy groups -OCH3 is 2. The van der Waals surface area contributed by atoms with Gasteiger partial charge in [-0.25, -0.2) is 9.78 Å². The Kier molecular flexibility index (Phi) is 6.26. The van der Waals surface area contributed by atoms with Crippen molar-refractivity contribution in [2.75, 3.05) is 19.5 Å². The number of anilines is 1. The number of carbonyl (C=O) groups excluding carboxylic acids is 2. The van der Waals surface area contributed by atoms with Gasteiger partial charge in [-0.2, -0.15) is 0 Å². The van der Waals surface area contributed by atoms with Crippen LogP contribution in [0.25, 0.3) is 0 Å². The first-order chi connectivity index (χ1) is 12.2. The molecule has 1 heterocycles. The molecule has 7 heteroatoms. The molecule has 0 atom stereocenters. The first-order valence-corrected chi connectivity index (χ1v) is 8.78. The third kappa shape index (κ3) is 4.98. The first-order valence-electron chi connectivity index (χ1n) is 7.97. The second-order valence-electron chi connectivity index (χ2n) is 6.43. The maximum Gasteiger partial charge on any atom is 0.337 e. The minimum Gasteiger partial charge on any atom is -0.495 e. The van der Waals surface area contributed by atoms with Crippen molar-refractivity contribution in [2.24, 2.45) is 0 Å². The number of amides is 1. The Hall–Kier alpha value is -2.54. The van der Waals surface area contributed by atoms with Crippen molar-refractivity contribution in [3.05, 3.63) is 47.7 Å². The molecule has 138 valence electrons. The van der Waals surface area contributed by atoms with Crippen molar-refractivity contribution in [2.45, 2.75) is 30.5 Å². The van der Waals surface area contributed by atoms with E-state index in [2.05, 4.69) is 31.1 Å². The van der Waals surface area contributed by atoms with Crippen LogP contribution in [0.5, 0.6) is 5.75 Å². The highest BCUT2D eigenvalue weighted by Crippen LogP contribution is 2.33. The summed E-state index contributed by atoms with van der Waals surface area (Å²) in [5.41, 5.74) is 1.16. The summed E-state index contributed by atoms with van der Waals surface area (Å²) in [5.74, 6) is -0.376. The smallest absolute Gasteiger partial charge is 0.337 e. The number of carbonyl (C=O) groups is 2. The van der Waals surface area contributed by atoms with Crippen molar-refractivity contribution >= 4 is 29.3 Å². The van der Waals surface area contributed by atoms with Crippen LogP contribution >= 0.6 is 11.8 Å². The fraction of sp³-hybridized carbons (Fsp3) is 0.316. The second-order valence-corrected chi connectivity index (χ2v) is 8.25. The van der Waals surface area contributed by atoms with Crippen molar-refractivity contribution in [3.63, 3.8) is 0 Å². The molecule has 0 saturated heterocycles. The van der Waals surface area contributed by atoms with E-state index in [-0.39, 0.29) is 10.7 Å². The lowest BCUT2D eigenvalue weighted by Crippen LogP contribution is -2.17. The van der Waals surface area contributed by atoms with Gasteiger partial charge in [0.2, 0.25) is 0 Å². The third-order valence-corrected chi connectivity index (χ3v) is 4.42. The number of rotatable bonds is 5. The van der Waals surface area contributed by atoms with Crippen LogP contribution in [0.3, 0.4) is 0 Å². The fourth-order valence-electron chi connectivity index (χ4n) is 2.18. The van der Waals surface area contributed by atoms with Gasteiger partial charge >= 0.3 is 5.97 Å². The van der Waals surface area contributed by atoms with Crippen molar-refractivity contribution in [1.82, 2.24) is 4.98 Å². The molecule has 2 rings (SSSR count). The van der Waals surface area contributed by atoms with Crippen molar-refractivity contribution < 1.29 is 19.1 Å². The summed E-state index contributed by atoms with van der Waals surface area (Å²) in [6.45, 7) is 6.16. The van der Waals surface area contributed by atoms with Gasteiger partial charge in [-0.1, -0.05) is 32.5 Å². The largest absolute Gasteiger partial charge is 0.495 e. The van der Waals surface area contributed by atoms with Gasteiger partial charge in [-0.3, -0.25) is 4.79 Å². The lowest BCUT2D eigenvalue weighted by Gasteiger charge is -2.19. The van der Waals surface area contributed by atoms with Crippen LogP contribution in [-0.2, 0) is 4.74 Å². The molecular weight excluding hydrogens is 352 g/mol. The zero-order valence-electron chi connectivity index (χ0n) is 15.5. The van der Waals surface area contributed by atoms with Gasteiger partial charge in [-0.15, -0.1) is 0 Å². The SMILES string of the molecule is COC(=O)c1ccc(OC)c(NC(=O)c2cccnc2SC(C)(C)C)c1. The van der Waals surface area contributed by atoms with E-state index in [0.717, 1.165) is 0 Å². The van der Waals surface area contributed by atoms with E-state index in [1.165, 1.54) is 32.0 Å². The molecule has 1 aromatic heterocycles. The van der Waals surface area contributed by atoms with Crippen LogP contribution < -0.4 is 10.1 Å². The molecule has 1 N–H and O–H groups in total. The molecular formula is C19H22N2O4S. The van der Waals surface area contributed by atoms with Gasteiger partial charge in [0.25, 0.3) is 5.91 Å². The Morgan fingerprint density at radius 2 is 1.88 bits per heavy atom. The third-order valence-electron chi connectivity index (χ3n) is 3.29. The molecule has 0 spiro atoms. The molecule has 26 heavy (non-hydrogen) atoms. The number of nitrogens with one attached hydrogen (secondary N) is 1. The predicted octanol–water partition coefficient (Wildman–Crippen LogP) is 4.02. The average Bonchev–Trinajstić information content (AvgIpc) is 2.60. The molecule has 0 saturated carbocycles. The van der Waals surface area contributed by atoms with Crippen LogP contribution in [0.15, 0.2) is 41.6 Å². The Labute approximate surface area is 157 Å². The number of hydrogen-bond donors (Lipinski definition) is 1. The highest BCUT2D eigenvalue weighted by molar-refractivity contribution is 8.00. The molecule has 0 unspecified atom stereocenters. The monoisotopic (exact) mass is 374 g/mol. The van der Waals surface area contributed by atoms with Crippen LogP contribution in [0.2, 0.25) is 0 Å². The van der Waals surface area contributed by atoms with E-state index in [0.29, 0.717) is 27.6 Å². The number of nitrogens with zero attached hydrogens (tertiary/aromatic N) is 1. The van der Waals surface area contributed by atoms with E-state index in [1.54, 1.807) is 30.5 Å². The van der Waals surface area contributed by atoms with Crippen LogP contribution in [-0.4, -0.2) is 35.8 Å². The Morgan fingerprint density at radius 3 is 2.50 bits per heavy atom. The highest BCUT2D eigenvalue weighted by Gasteiger charge is 2.20.